The van der Waals surface area contributed by atoms with Gasteiger partial charge in [-0.05, 0) is 30.7 Å². The molecule has 1 N–H and O–H groups in total. The fourth-order valence-corrected chi connectivity index (χ4v) is 2.33. The molecule has 0 saturated carbocycles. The molecule has 1 amide bonds. The summed E-state index contributed by atoms with van der Waals surface area (Å²) in [4.78, 5) is 24.2. The Kier molecular flexibility index (Phi) is 4.57. The first kappa shape index (κ1) is 15.7. The van der Waals surface area contributed by atoms with E-state index in [0.29, 0.717) is 23.1 Å². The van der Waals surface area contributed by atoms with Crippen LogP contribution in [0.1, 0.15) is 16.7 Å². The van der Waals surface area contributed by atoms with Crippen molar-refractivity contribution in [2.75, 3.05) is 0 Å². The van der Waals surface area contributed by atoms with Gasteiger partial charge in [0.05, 0.1) is 10.9 Å². The third-order valence-electron chi connectivity index (χ3n) is 3.71. The van der Waals surface area contributed by atoms with E-state index in [2.05, 4.69) is 5.32 Å². The summed E-state index contributed by atoms with van der Waals surface area (Å²) in [7, 11) is 0. The lowest BCUT2D eigenvalue weighted by atomic mass is 10.1. The van der Waals surface area contributed by atoms with E-state index in [4.69, 9.17) is 4.42 Å². The van der Waals surface area contributed by atoms with Crippen molar-refractivity contribution in [2.45, 2.75) is 13.5 Å². The predicted octanol–water partition coefficient (Wildman–Crippen LogP) is 3.43. The topological polar surface area (TPSA) is 59.3 Å². The number of nitrogens with one attached hydrogen (secondary N) is 1. The van der Waals surface area contributed by atoms with E-state index in [0.717, 1.165) is 5.56 Å². The summed E-state index contributed by atoms with van der Waals surface area (Å²) in [6.07, 6.45) is 4.19. The fraction of sp³-hybridized carbons (Fsp3) is 0.100. The van der Waals surface area contributed by atoms with Crippen LogP contribution in [0.25, 0.3) is 17.0 Å². The minimum atomic E-state index is -0.261. The van der Waals surface area contributed by atoms with E-state index >= 15 is 0 Å². The quantitative estimate of drug-likeness (QED) is 0.750. The molecule has 0 unspecified atom stereocenters. The number of benzene rings is 2. The van der Waals surface area contributed by atoms with Crippen molar-refractivity contribution in [3.05, 3.63) is 87.8 Å². The average molecular weight is 319 g/mol. The van der Waals surface area contributed by atoms with Crippen LogP contribution in [0.2, 0.25) is 0 Å². The summed E-state index contributed by atoms with van der Waals surface area (Å²) >= 11 is 0. The summed E-state index contributed by atoms with van der Waals surface area (Å²) in [5, 5.41) is 3.29. The molecule has 120 valence electrons. The van der Waals surface area contributed by atoms with Crippen molar-refractivity contribution < 1.29 is 9.21 Å². The Bertz CT molecular complexity index is 953. The van der Waals surface area contributed by atoms with Gasteiger partial charge in [-0.2, -0.15) is 0 Å². The second kappa shape index (κ2) is 6.96. The Morgan fingerprint density at radius 3 is 2.67 bits per heavy atom. The molecule has 0 atom stereocenters. The van der Waals surface area contributed by atoms with Gasteiger partial charge in [0.1, 0.15) is 11.8 Å². The van der Waals surface area contributed by atoms with Gasteiger partial charge in [-0.25, -0.2) is 0 Å². The third-order valence-corrected chi connectivity index (χ3v) is 3.71. The first-order valence-corrected chi connectivity index (χ1v) is 7.65. The summed E-state index contributed by atoms with van der Waals surface area (Å²) < 4.78 is 5.41. The van der Waals surface area contributed by atoms with Gasteiger partial charge < -0.3 is 9.73 Å². The molecule has 1 aromatic heterocycles. The van der Waals surface area contributed by atoms with Crippen molar-refractivity contribution >= 4 is 23.0 Å². The number of fused-ring (bicyclic) bond motifs is 1. The van der Waals surface area contributed by atoms with Gasteiger partial charge in [-0.1, -0.05) is 42.0 Å². The number of hydrogen-bond acceptors (Lipinski definition) is 3. The molecule has 4 heteroatoms. The van der Waals surface area contributed by atoms with Crippen LogP contribution >= 0.6 is 0 Å². The first-order chi connectivity index (χ1) is 11.6. The molecule has 2 aromatic carbocycles. The maximum absolute atomic E-state index is 12.3. The average Bonchev–Trinajstić information content (AvgIpc) is 2.61. The number of amides is 1. The van der Waals surface area contributed by atoms with Crippen molar-refractivity contribution in [1.29, 1.82) is 0 Å². The van der Waals surface area contributed by atoms with Crippen LogP contribution in [-0.2, 0) is 11.3 Å². The van der Waals surface area contributed by atoms with Crippen LogP contribution in [0.3, 0.4) is 0 Å². The lowest BCUT2D eigenvalue weighted by Gasteiger charge is -2.03. The standard InChI is InChI=1S/C20H17NO3/c1-14-6-8-15(9-7-14)12-21-19(22)11-10-16-13-24-18-5-3-2-4-17(18)20(16)23/h2-11,13H,12H2,1H3,(H,21,22)/b11-10+. The summed E-state index contributed by atoms with van der Waals surface area (Å²) in [5.41, 5.74) is 2.92. The smallest absolute Gasteiger partial charge is 0.244 e. The van der Waals surface area contributed by atoms with Gasteiger partial charge in [0, 0.05) is 12.6 Å². The van der Waals surface area contributed by atoms with Crippen molar-refractivity contribution in [3.8, 4) is 0 Å². The van der Waals surface area contributed by atoms with E-state index in [1.165, 1.54) is 24.0 Å². The molecular formula is C20H17NO3. The van der Waals surface area contributed by atoms with Gasteiger partial charge in [0.2, 0.25) is 5.91 Å². The van der Waals surface area contributed by atoms with Gasteiger partial charge in [-0.15, -0.1) is 0 Å². The maximum Gasteiger partial charge on any atom is 0.244 e. The molecule has 4 nitrogen and oxygen atoms in total. The SMILES string of the molecule is Cc1ccc(CNC(=O)/C=C/c2coc3ccccc3c2=O)cc1. The molecule has 0 aliphatic heterocycles. The molecule has 0 spiro atoms. The molecule has 0 radical (unpaired) electrons. The van der Waals surface area contributed by atoms with Crippen LogP contribution in [-0.4, -0.2) is 5.91 Å². The molecule has 0 aliphatic carbocycles. The highest BCUT2D eigenvalue weighted by atomic mass is 16.3. The van der Waals surface area contributed by atoms with Gasteiger partial charge >= 0.3 is 0 Å². The molecule has 0 bridgehead atoms. The summed E-state index contributed by atoms with van der Waals surface area (Å²) in [5.74, 6) is -0.261. The minimum absolute atomic E-state index is 0.153. The van der Waals surface area contributed by atoms with Gasteiger partial charge in [0.25, 0.3) is 0 Å². The number of para-hydroxylation sites is 1. The fourth-order valence-electron chi connectivity index (χ4n) is 2.33. The van der Waals surface area contributed by atoms with E-state index in [9.17, 15) is 9.59 Å². The lowest BCUT2D eigenvalue weighted by molar-refractivity contribution is -0.116. The van der Waals surface area contributed by atoms with E-state index in [1.54, 1.807) is 24.3 Å². The normalized spacial score (nSPS) is 11.0. The van der Waals surface area contributed by atoms with Crippen LogP contribution in [0.5, 0.6) is 0 Å². The monoisotopic (exact) mass is 319 g/mol. The Morgan fingerprint density at radius 2 is 1.88 bits per heavy atom. The Hall–Kier alpha value is -3.14. The highest BCUT2D eigenvalue weighted by molar-refractivity contribution is 5.92. The molecule has 0 fully saturated rings. The van der Waals surface area contributed by atoms with E-state index in [-0.39, 0.29) is 11.3 Å². The largest absolute Gasteiger partial charge is 0.463 e. The molecule has 3 rings (SSSR count). The second-order valence-electron chi connectivity index (χ2n) is 5.55. The van der Waals surface area contributed by atoms with Crippen LogP contribution in [0, 0.1) is 6.92 Å². The van der Waals surface area contributed by atoms with Gasteiger partial charge in [0.15, 0.2) is 5.43 Å². The van der Waals surface area contributed by atoms with Crippen molar-refractivity contribution in [1.82, 2.24) is 5.32 Å². The molecular weight excluding hydrogens is 302 g/mol. The Labute approximate surface area is 139 Å². The molecule has 24 heavy (non-hydrogen) atoms. The highest BCUT2D eigenvalue weighted by Crippen LogP contribution is 2.11. The zero-order valence-corrected chi connectivity index (χ0v) is 13.3. The number of aryl methyl sites for hydroxylation is 1. The van der Waals surface area contributed by atoms with Crippen LogP contribution in [0.4, 0.5) is 0 Å². The maximum atomic E-state index is 12.3. The summed E-state index contributed by atoms with van der Waals surface area (Å²) in [6.45, 7) is 2.45. The molecule has 0 saturated heterocycles. The van der Waals surface area contributed by atoms with Crippen molar-refractivity contribution in [3.63, 3.8) is 0 Å². The molecule has 3 aromatic rings. The molecule has 0 aliphatic rings. The number of carbonyl (C=O) groups is 1. The first-order valence-electron chi connectivity index (χ1n) is 7.65. The third kappa shape index (κ3) is 3.60. The van der Waals surface area contributed by atoms with Crippen LogP contribution < -0.4 is 10.7 Å². The lowest BCUT2D eigenvalue weighted by Crippen LogP contribution is -2.20. The minimum Gasteiger partial charge on any atom is -0.463 e. The zero-order chi connectivity index (χ0) is 16.9. The van der Waals surface area contributed by atoms with E-state index in [1.807, 2.05) is 31.2 Å². The molecule has 1 heterocycles. The van der Waals surface area contributed by atoms with Crippen LogP contribution in [0.15, 0.2) is 70.1 Å². The van der Waals surface area contributed by atoms with Crippen molar-refractivity contribution in [2.24, 2.45) is 0 Å². The second-order valence-corrected chi connectivity index (χ2v) is 5.55. The van der Waals surface area contributed by atoms with Gasteiger partial charge in [-0.3, -0.25) is 9.59 Å². The Morgan fingerprint density at radius 1 is 1.12 bits per heavy atom. The predicted molar refractivity (Wildman–Crippen MR) is 94.5 cm³/mol. The number of hydrogen-bond donors (Lipinski definition) is 1. The number of carbonyl (C=O) groups excluding carboxylic acids is 1. The van der Waals surface area contributed by atoms with E-state index < -0.39 is 0 Å². The number of rotatable bonds is 4. The zero-order valence-electron chi connectivity index (χ0n) is 13.3. The summed E-state index contributed by atoms with van der Waals surface area (Å²) in [6, 6.07) is 15.0. The highest BCUT2D eigenvalue weighted by Gasteiger charge is 2.04. The Balaban J connectivity index is 1.69.